The summed E-state index contributed by atoms with van der Waals surface area (Å²) in [6.45, 7) is 1.54. The molecule has 2 aromatic carbocycles. The highest BCUT2D eigenvalue weighted by atomic mass is 16.1. The molecule has 0 fully saturated rings. The van der Waals surface area contributed by atoms with Gasteiger partial charge in [-0.3, -0.25) is 4.79 Å². The minimum atomic E-state index is 0.0475. The number of carbonyl (C=O) groups excluding carboxylic acids is 1. The van der Waals surface area contributed by atoms with E-state index >= 15 is 0 Å². The molecule has 0 saturated heterocycles. The van der Waals surface area contributed by atoms with Gasteiger partial charge < -0.3 is 0 Å². The van der Waals surface area contributed by atoms with Crippen molar-refractivity contribution in [1.82, 2.24) is 0 Å². The number of benzene rings is 2. The zero-order valence-electron chi connectivity index (χ0n) is 9.40. The van der Waals surface area contributed by atoms with Crippen molar-refractivity contribution in [3.05, 3.63) is 59.7 Å². The number of rotatable bonds is 2. The van der Waals surface area contributed by atoms with Crippen LogP contribution in [0.15, 0.2) is 42.5 Å². The first-order valence-electron chi connectivity index (χ1n) is 5.24. The Balaban J connectivity index is 2.40. The fourth-order valence-corrected chi connectivity index (χ4v) is 1.59. The summed E-state index contributed by atoms with van der Waals surface area (Å²) in [5.41, 5.74) is 3.10. The maximum atomic E-state index is 11.1. The van der Waals surface area contributed by atoms with Gasteiger partial charge in [-0.1, -0.05) is 30.3 Å². The van der Waals surface area contributed by atoms with Crippen molar-refractivity contribution in [2.75, 3.05) is 0 Å². The fourth-order valence-electron chi connectivity index (χ4n) is 1.59. The summed E-state index contributed by atoms with van der Waals surface area (Å²) >= 11 is 0. The Morgan fingerprint density at radius 3 is 2.53 bits per heavy atom. The monoisotopic (exact) mass is 220 g/mol. The normalized spacial score (nSPS) is 9.65. The molecule has 81 valence electrons. The van der Waals surface area contributed by atoms with E-state index < -0.39 is 0 Å². The van der Waals surface area contributed by atoms with Crippen LogP contribution >= 0.6 is 0 Å². The molecule has 0 aliphatic heterocycles. The first-order valence-corrected chi connectivity index (χ1v) is 5.24. The maximum absolute atomic E-state index is 11.1. The van der Waals surface area contributed by atoms with Crippen LogP contribution < -0.4 is 0 Å². The molecule has 17 heavy (non-hydrogen) atoms. The number of carbonyl (C=O) groups is 1. The van der Waals surface area contributed by atoms with Crippen LogP contribution in [0.25, 0.3) is 11.1 Å². The first kappa shape index (κ1) is 11.1. The molecule has 0 saturated carbocycles. The molecule has 0 N–H and O–H groups in total. The third-order valence-electron chi connectivity index (χ3n) is 2.53. The van der Waals surface area contributed by atoms with Gasteiger partial charge in [-0.15, -0.1) is 0 Å². The molecule has 0 aliphatic carbocycles. The van der Waals surface area contributed by atoms with Crippen molar-refractivity contribution >= 4 is 5.78 Å². The van der Waals surface area contributed by atoms with Crippen LogP contribution in [-0.2, 0) is 0 Å². The van der Waals surface area contributed by atoms with Crippen molar-refractivity contribution in [2.45, 2.75) is 6.92 Å². The lowest BCUT2D eigenvalue weighted by atomic mass is 10.0. The van der Waals surface area contributed by atoms with Gasteiger partial charge in [0.15, 0.2) is 5.78 Å². The van der Waals surface area contributed by atoms with Crippen LogP contribution in [0.4, 0.5) is 0 Å². The zero-order chi connectivity index (χ0) is 12.3. The van der Waals surface area contributed by atoms with Gasteiger partial charge in [0.2, 0.25) is 0 Å². The Morgan fingerprint density at radius 1 is 1.24 bits per heavy atom. The van der Waals surface area contributed by atoms with Crippen LogP contribution in [0.5, 0.6) is 0 Å². The molecule has 1 radical (unpaired) electrons. The van der Waals surface area contributed by atoms with E-state index in [9.17, 15) is 4.79 Å². The van der Waals surface area contributed by atoms with Gasteiger partial charge >= 0.3 is 0 Å². The fraction of sp³-hybridized carbons (Fsp3) is 0.0667. The quantitative estimate of drug-likeness (QED) is 0.729. The molecule has 0 aromatic heterocycles. The largest absolute Gasteiger partial charge is 0.295 e. The molecule has 2 heteroatoms. The second-order valence-corrected chi connectivity index (χ2v) is 3.74. The molecule has 0 aliphatic rings. The molecule has 2 rings (SSSR count). The van der Waals surface area contributed by atoms with E-state index in [1.807, 2.05) is 12.1 Å². The lowest BCUT2D eigenvalue weighted by Crippen LogP contribution is -1.90. The molecule has 2 aromatic rings. The SMILES string of the molecule is CC(=O)c1ccc(-c2[c]ccc(C#N)c2)cc1. The van der Waals surface area contributed by atoms with E-state index in [1.165, 1.54) is 6.92 Å². The van der Waals surface area contributed by atoms with Gasteiger partial charge in [0.25, 0.3) is 0 Å². The van der Waals surface area contributed by atoms with E-state index in [4.69, 9.17) is 5.26 Å². The molecule has 0 unspecified atom stereocenters. The summed E-state index contributed by atoms with van der Waals surface area (Å²) in [6.07, 6.45) is 0. The van der Waals surface area contributed by atoms with E-state index in [2.05, 4.69) is 12.1 Å². The van der Waals surface area contributed by atoms with Crippen molar-refractivity contribution in [3.8, 4) is 17.2 Å². The molecule has 2 nitrogen and oxygen atoms in total. The topological polar surface area (TPSA) is 40.9 Å². The highest BCUT2D eigenvalue weighted by Gasteiger charge is 2.02. The predicted molar refractivity (Wildman–Crippen MR) is 65.4 cm³/mol. The zero-order valence-corrected chi connectivity index (χ0v) is 9.40. The van der Waals surface area contributed by atoms with E-state index in [-0.39, 0.29) is 5.78 Å². The predicted octanol–water partition coefficient (Wildman–Crippen LogP) is 3.23. The molecular formula is C15H10NO. The highest BCUT2D eigenvalue weighted by molar-refractivity contribution is 5.94. The van der Waals surface area contributed by atoms with Gasteiger partial charge in [-0.2, -0.15) is 5.26 Å². The number of ketones is 1. The lowest BCUT2D eigenvalue weighted by molar-refractivity contribution is 0.101. The summed E-state index contributed by atoms with van der Waals surface area (Å²) in [5, 5.41) is 8.82. The number of Topliss-reactive ketones (excluding diaryl/α,β-unsaturated/α-hetero) is 1. The Morgan fingerprint density at radius 2 is 1.94 bits per heavy atom. The van der Waals surface area contributed by atoms with Gasteiger partial charge in [-0.25, -0.2) is 0 Å². The third kappa shape index (κ3) is 2.40. The van der Waals surface area contributed by atoms with Crippen LogP contribution in [0.3, 0.4) is 0 Å². The van der Waals surface area contributed by atoms with Gasteiger partial charge in [0, 0.05) is 5.56 Å². The molecule has 0 spiro atoms. The Kier molecular flexibility index (Phi) is 3.02. The van der Waals surface area contributed by atoms with Gasteiger partial charge in [-0.05, 0) is 36.2 Å². The van der Waals surface area contributed by atoms with E-state index in [1.54, 1.807) is 30.3 Å². The Hall–Kier alpha value is -2.40. The highest BCUT2D eigenvalue weighted by Crippen LogP contribution is 2.20. The standard InChI is InChI=1S/C15H10NO/c1-11(17)13-5-7-14(8-6-13)15-4-2-3-12(9-15)10-16/h2-3,5-9H,1H3. The minimum Gasteiger partial charge on any atom is -0.295 e. The molecule has 0 bridgehead atoms. The Labute approximate surface area is 100 Å². The molecular weight excluding hydrogens is 210 g/mol. The summed E-state index contributed by atoms with van der Waals surface area (Å²) in [6, 6.07) is 17.7. The average molecular weight is 220 g/mol. The average Bonchev–Trinajstić information content (AvgIpc) is 2.39. The minimum absolute atomic E-state index is 0.0475. The number of hydrogen-bond acceptors (Lipinski definition) is 2. The maximum Gasteiger partial charge on any atom is 0.159 e. The number of hydrogen-bond donors (Lipinski definition) is 0. The van der Waals surface area contributed by atoms with E-state index in [0.29, 0.717) is 11.1 Å². The van der Waals surface area contributed by atoms with Crippen molar-refractivity contribution in [1.29, 1.82) is 5.26 Å². The van der Waals surface area contributed by atoms with Crippen molar-refractivity contribution in [2.24, 2.45) is 0 Å². The lowest BCUT2D eigenvalue weighted by Gasteiger charge is -2.02. The summed E-state index contributed by atoms with van der Waals surface area (Å²) in [5.74, 6) is 0.0475. The van der Waals surface area contributed by atoms with Crippen LogP contribution in [-0.4, -0.2) is 5.78 Å². The van der Waals surface area contributed by atoms with Crippen molar-refractivity contribution in [3.63, 3.8) is 0 Å². The summed E-state index contributed by atoms with van der Waals surface area (Å²) in [7, 11) is 0. The van der Waals surface area contributed by atoms with Crippen LogP contribution in [0.2, 0.25) is 0 Å². The second kappa shape index (κ2) is 4.63. The molecule has 0 amide bonds. The first-order chi connectivity index (χ1) is 8.20. The third-order valence-corrected chi connectivity index (χ3v) is 2.53. The Bertz CT molecular complexity index is 591. The van der Waals surface area contributed by atoms with E-state index in [0.717, 1.165) is 11.1 Å². The smallest absolute Gasteiger partial charge is 0.159 e. The molecule has 0 atom stereocenters. The van der Waals surface area contributed by atoms with Gasteiger partial charge in [0.05, 0.1) is 11.6 Å². The summed E-state index contributed by atoms with van der Waals surface area (Å²) < 4.78 is 0. The van der Waals surface area contributed by atoms with Gasteiger partial charge in [0.1, 0.15) is 0 Å². The van der Waals surface area contributed by atoms with Crippen molar-refractivity contribution < 1.29 is 4.79 Å². The number of nitriles is 1. The molecule has 0 heterocycles. The van der Waals surface area contributed by atoms with Crippen LogP contribution in [0.1, 0.15) is 22.8 Å². The second-order valence-electron chi connectivity index (χ2n) is 3.74. The summed E-state index contributed by atoms with van der Waals surface area (Å²) in [4.78, 5) is 11.1. The number of nitrogens with zero attached hydrogens (tertiary/aromatic N) is 1. The van der Waals surface area contributed by atoms with Crippen LogP contribution in [0, 0.1) is 17.4 Å².